The second-order valence-electron chi connectivity index (χ2n) is 5.74. The lowest BCUT2D eigenvalue weighted by Crippen LogP contribution is -2.26. The van der Waals surface area contributed by atoms with Crippen LogP contribution in [-0.4, -0.2) is 17.1 Å². The van der Waals surface area contributed by atoms with E-state index in [0.717, 1.165) is 31.2 Å². The molecule has 3 nitrogen and oxygen atoms in total. The summed E-state index contributed by atoms with van der Waals surface area (Å²) in [4.78, 5) is 11.9. The van der Waals surface area contributed by atoms with Crippen molar-refractivity contribution in [3.05, 3.63) is 35.9 Å². The zero-order chi connectivity index (χ0) is 15.5. The molecule has 21 heavy (non-hydrogen) atoms. The molecular weight excluding hydrogens is 262 g/mol. The van der Waals surface area contributed by atoms with E-state index < -0.39 is 0 Å². The van der Waals surface area contributed by atoms with Gasteiger partial charge in [0.15, 0.2) is 0 Å². The number of hydrogen-bond acceptors (Lipinski definition) is 2. The van der Waals surface area contributed by atoms with Gasteiger partial charge >= 0.3 is 0 Å². The summed E-state index contributed by atoms with van der Waals surface area (Å²) in [6.45, 7) is 4.15. The van der Waals surface area contributed by atoms with Crippen molar-refractivity contribution >= 4 is 5.91 Å². The van der Waals surface area contributed by atoms with Crippen LogP contribution < -0.4 is 5.32 Å². The molecule has 0 heterocycles. The molecular formula is C18H29NO2. The summed E-state index contributed by atoms with van der Waals surface area (Å²) < 4.78 is 0. The van der Waals surface area contributed by atoms with Crippen LogP contribution in [0.5, 0.6) is 0 Å². The molecule has 1 aromatic rings. The lowest BCUT2D eigenvalue weighted by Gasteiger charge is -2.15. The van der Waals surface area contributed by atoms with E-state index in [9.17, 15) is 9.90 Å². The van der Waals surface area contributed by atoms with Gasteiger partial charge in [-0.3, -0.25) is 4.79 Å². The summed E-state index contributed by atoms with van der Waals surface area (Å²) in [5.41, 5.74) is 1.12. The topological polar surface area (TPSA) is 49.3 Å². The molecule has 0 unspecified atom stereocenters. The fourth-order valence-electron chi connectivity index (χ4n) is 2.41. The van der Waals surface area contributed by atoms with Crippen molar-refractivity contribution in [2.24, 2.45) is 0 Å². The molecule has 0 aromatic heterocycles. The number of aliphatic hydroxyl groups excluding tert-OH is 1. The Morgan fingerprint density at radius 3 is 2.48 bits per heavy atom. The van der Waals surface area contributed by atoms with Crippen LogP contribution in [0.4, 0.5) is 0 Å². The third-order valence-corrected chi connectivity index (χ3v) is 3.76. The van der Waals surface area contributed by atoms with Crippen LogP contribution in [0.25, 0.3) is 0 Å². The Kier molecular flexibility index (Phi) is 8.76. The predicted molar refractivity (Wildman–Crippen MR) is 87.0 cm³/mol. The van der Waals surface area contributed by atoms with Gasteiger partial charge < -0.3 is 10.4 Å². The lowest BCUT2D eigenvalue weighted by molar-refractivity contribution is -0.121. The number of aliphatic hydroxyl groups is 1. The zero-order valence-electron chi connectivity index (χ0n) is 13.3. The van der Waals surface area contributed by atoms with Gasteiger partial charge in [-0.2, -0.15) is 0 Å². The van der Waals surface area contributed by atoms with Crippen LogP contribution in [0.3, 0.4) is 0 Å². The molecule has 0 aliphatic rings. The highest BCUT2D eigenvalue weighted by Gasteiger charge is 2.10. The fourth-order valence-corrected chi connectivity index (χ4v) is 2.41. The van der Waals surface area contributed by atoms with Gasteiger partial charge in [0.25, 0.3) is 0 Å². The van der Waals surface area contributed by atoms with Gasteiger partial charge in [0.05, 0.1) is 12.1 Å². The van der Waals surface area contributed by atoms with E-state index in [-0.39, 0.29) is 18.1 Å². The van der Waals surface area contributed by atoms with E-state index in [1.54, 1.807) is 0 Å². The molecule has 2 atom stereocenters. The summed E-state index contributed by atoms with van der Waals surface area (Å²) in [7, 11) is 0. The Hall–Kier alpha value is -1.35. The summed E-state index contributed by atoms with van der Waals surface area (Å²) in [5, 5.41) is 12.8. The van der Waals surface area contributed by atoms with Gasteiger partial charge in [-0.05, 0) is 31.7 Å². The maximum absolute atomic E-state index is 11.9. The van der Waals surface area contributed by atoms with Gasteiger partial charge in [0.2, 0.25) is 5.91 Å². The van der Waals surface area contributed by atoms with E-state index in [4.69, 9.17) is 0 Å². The molecule has 0 fully saturated rings. The van der Waals surface area contributed by atoms with Crippen LogP contribution in [0.15, 0.2) is 30.3 Å². The summed E-state index contributed by atoms with van der Waals surface area (Å²) in [5.74, 6) is 0.0621. The molecule has 1 aromatic carbocycles. The third kappa shape index (κ3) is 7.86. The number of benzene rings is 1. The summed E-state index contributed by atoms with van der Waals surface area (Å²) in [6.07, 6.45) is 5.99. The first-order chi connectivity index (χ1) is 10.1. The minimum Gasteiger partial charge on any atom is -0.393 e. The van der Waals surface area contributed by atoms with Gasteiger partial charge in [-0.1, -0.05) is 56.5 Å². The van der Waals surface area contributed by atoms with Crippen molar-refractivity contribution in [2.75, 3.05) is 0 Å². The second-order valence-corrected chi connectivity index (χ2v) is 5.74. The quantitative estimate of drug-likeness (QED) is 0.641. The highest BCUT2D eigenvalue weighted by molar-refractivity contribution is 5.76. The SMILES string of the molecule is CCCCC[C@@H](O)CCCC(=O)N[C@@H](C)c1ccccc1. The van der Waals surface area contributed by atoms with Crippen LogP contribution in [0.2, 0.25) is 0 Å². The Morgan fingerprint density at radius 2 is 1.81 bits per heavy atom. The molecule has 0 saturated heterocycles. The smallest absolute Gasteiger partial charge is 0.220 e. The average molecular weight is 291 g/mol. The minimum absolute atomic E-state index is 0.0353. The molecule has 0 aliphatic heterocycles. The Labute approximate surface area is 128 Å². The number of unbranched alkanes of at least 4 members (excludes halogenated alkanes) is 2. The standard InChI is InChI=1S/C18H29NO2/c1-3-4-6-12-17(20)13-9-14-18(21)19-15(2)16-10-7-5-8-11-16/h5,7-8,10-11,15,17,20H,3-4,6,9,12-14H2,1-2H3,(H,19,21)/t15-,17+/m0/s1. The number of carbonyl (C=O) groups excluding carboxylic acids is 1. The second kappa shape index (κ2) is 10.4. The van der Waals surface area contributed by atoms with E-state index in [2.05, 4.69) is 12.2 Å². The fraction of sp³-hybridized carbons (Fsp3) is 0.611. The summed E-state index contributed by atoms with van der Waals surface area (Å²) >= 11 is 0. The third-order valence-electron chi connectivity index (χ3n) is 3.76. The first kappa shape index (κ1) is 17.7. The summed E-state index contributed by atoms with van der Waals surface area (Å²) in [6, 6.07) is 9.99. The normalized spacial score (nSPS) is 13.7. The molecule has 0 aliphatic carbocycles. The molecule has 118 valence electrons. The maximum Gasteiger partial charge on any atom is 0.220 e. The highest BCUT2D eigenvalue weighted by atomic mass is 16.3. The first-order valence-corrected chi connectivity index (χ1v) is 8.15. The van der Waals surface area contributed by atoms with E-state index in [1.165, 1.54) is 12.8 Å². The molecule has 0 saturated carbocycles. The van der Waals surface area contributed by atoms with E-state index >= 15 is 0 Å². The van der Waals surface area contributed by atoms with Crippen molar-refractivity contribution in [1.29, 1.82) is 0 Å². The van der Waals surface area contributed by atoms with Crippen molar-refractivity contribution in [2.45, 2.75) is 70.9 Å². The van der Waals surface area contributed by atoms with Crippen LogP contribution in [-0.2, 0) is 4.79 Å². The molecule has 0 bridgehead atoms. The zero-order valence-corrected chi connectivity index (χ0v) is 13.3. The molecule has 0 radical (unpaired) electrons. The number of carbonyl (C=O) groups is 1. The van der Waals surface area contributed by atoms with Crippen molar-refractivity contribution in [3.63, 3.8) is 0 Å². The van der Waals surface area contributed by atoms with Gasteiger partial charge in [-0.25, -0.2) is 0 Å². The largest absolute Gasteiger partial charge is 0.393 e. The number of rotatable bonds is 10. The Balaban J connectivity index is 2.16. The average Bonchev–Trinajstić information content (AvgIpc) is 2.48. The lowest BCUT2D eigenvalue weighted by atomic mass is 10.0. The minimum atomic E-state index is -0.254. The molecule has 1 rings (SSSR count). The Morgan fingerprint density at radius 1 is 1.14 bits per heavy atom. The Bertz CT molecular complexity index is 391. The number of nitrogens with one attached hydrogen (secondary N) is 1. The maximum atomic E-state index is 11.9. The number of hydrogen-bond donors (Lipinski definition) is 2. The predicted octanol–water partition coefficient (Wildman–Crippen LogP) is 3.98. The molecule has 0 spiro atoms. The van der Waals surface area contributed by atoms with Gasteiger partial charge in [0, 0.05) is 6.42 Å². The molecule has 2 N–H and O–H groups in total. The van der Waals surface area contributed by atoms with Crippen LogP contribution in [0.1, 0.15) is 70.4 Å². The first-order valence-electron chi connectivity index (χ1n) is 8.15. The molecule has 1 amide bonds. The number of amides is 1. The van der Waals surface area contributed by atoms with Crippen molar-refractivity contribution in [1.82, 2.24) is 5.32 Å². The van der Waals surface area contributed by atoms with E-state index in [0.29, 0.717) is 6.42 Å². The monoisotopic (exact) mass is 291 g/mol. The molecule has 3 heteroatoms. The van der Waals surface area contributed by atoms with Gasteiger partial charge in [0.1, 0.15) is 0 Å². The highest BCUT2D eigenvalue weighted by Crippen LogP contribution is 2.13. The van der Waals surface area contributed by atoms with Crippen molar-refractivity contribution in [3.8, 4) is 0 Å². The van der Waals surface area contributed by atoms with Gasteiger partial charge in [-0.15, -0.1) is 0 Å². The van der Waals surface area contributed by atoms with Crippen molar-refractivity contribution < 1.29 is 9.90 Å². The van der Waals surface area contributed by atoms with Crippen LogP contribution in [0, 0.1) is 0 Å². The van der Waals surface area contributed by atoms with Crippen LogP contribution >= 0.6 is 0 Å². The van der Waals surface area contributed by atoms with E-state index in [1.807, 2.05) is 37.3 Å².